The Morgan fingerprint density at radius 3 is 2.96 bits per heavy atom. The van der Waals surface area contributed by atoms with Crippen LogP contribution < -0.4 is 5.32 Å². The molecule has 1 aromatic carbocycles. The predicted molar refractivity (Wildman–Crippen MR) is 98.9 cm³/mol. The van der Waals surface area contributed by atoms with E-state index in [0.717, 1.165) is 35.3 Å². The van der Waals surface area contributed by atoms with Crippen LogP contribution in [-0.4, -0.2) is 27.1 Å². The molecule has 5 heteroatoms. The monoisotopic (exact) mass is 336 g/mol. The number of carbonyl (C=O) groups is 1. The van der Waals surface area contributed by atoms with Crippen LogP contribution in [0.5, 0.6) is 0 Å². The minimum atomic E-state index is -0.0241. The molecule has 130 valence electrons. The standard InChI is InChI=1S/C20H24N4O/c1-12(10-14-11-13(2)23-24-14)21-20(25)17-8-5-7-16-15-6-3-4-9-18(15)22-19(16)17/h5,7-8,11-12,22H,3-4,6,9-10H2,1-2H3,(H,21,25)(H,23,24). The first-order chi connectivity index (χ1) is 12.1. The highest BCUT2D eigenvalue weighted by molar-refractivity contribution is 6.06. The van der Waals surface area contributed by atoms with E-state index in [9.17, 15) is 4.79 Å². The molecule has 25 heavy (non-hydrogen) atoms. The molecular formula is C20H24N4O. The van der Waals surface area contributed by atoms with E-state index >= 15 is 0 Å². The summed E-state index contributed by atoms with van der Waals surface area (Å²) in [4.78, 5) is 16.3. The van der Waals surface area contributed by atoms with Gasteiger partial charge in [0, 0.05) is 29.2 Å². The summed E-state index contributed by atoms with van der Waals surface area (Å²) in [7, 11) is 0. The normalized spacial score (nSPS) is 15.1. The van der Waals surface area contributed by atoms with Gasteiger partial charge in [0.1, 0.15) is 0 Å². The molecule has 0 spiro atoms. The van der Waals surface area contributed by atoms with E-state index in [1.165, 1.54) is 29.5 Å². The van der Waals surface area contributed by atoms with Crippen molar-refractivity contribution in [2.75, 3.05) is 0 Å². The lowest BCUT2D eigenvalue weighted by Gasteiger charge is -2.13. The van der Waals surface area contributed by atoms with E-state index in [-0.39, 0.29) is 11.9 Å². The molecule has 1 aliphatic rings. The Hall–Kier alpha value is -2.56. The van der Waals surface area contributed by atoms with Crippen LogP contribution in [-0.2, 0) is 19.3 Å². The van der Waals surface area contributed by atoms with Crippen LogP contribution in [0.15, 0.2) is 24.3 Å². The number of benzene rings is 1. The highest BCUT2D eigenvalue weighted by Gasteiger charge is 2.20. The average molecular weight is 336 g/mol. The minimum Gasteiger partial charge on any atom is -0.358 e. The number of carbonyl (C=O) groups excluding carboxylic acids is 1. The van der Waals surface area contributed by atoms with Crippen molar-refractivity contribution in [1.29, 1.82) is 0 Å². The summed E-state index contributed by atoms with van der Waals surface area (Å²) in [6, 6.07) is 8.06. The Labute approximate surface area is 147 Å². The maximum absolute atomic E-state index is 12.8. The predicted octanol–water partition coefficient (Wildman–Crippen LogP) is 3.44. The molecule has 0 bridgehead atoms. The van der Waals surface area contributed by atoms with Crippen molar-refractivity contribution in [3.63, 3.8) is 0 Å². The lowest BCUT2D eigenvalue weighted by Crippen LogP contribution is -2.34. The molecule has 0 aliphatic heterocycles. The average Bonchev–Trinajstić information content (AvgIpc) is 3.17. The number of nitrogens with zero attached hydrogens (tertiary/aromatic N) is 1. The number of rotatable bonds is 4. The van der Waals surface area contributed by atoms with E-state index in [0.29, 0.717) is 6.42 Å². The van der Waals surface area contributed by atoms with Gasteiger partial charge in [-0.1, -0.05) is 12.1 Å². The fourth-order valence-electron chi connectivity index (χ4n) is 3.86. The van der Waals surface area contributed by atoms with Crippen LogP contribution in [0.2, 0.25) is 0 Å². The summed E-state index contributed by atoms with van der Waals surface area (Å²) in [5.74, 6) is -0.0241. The maximum Gasteiger partial charge on any atom is 0.253 e. The second-order valence-corrected chi connectivity index (χ2v) is 7.14. The van der Waals surface area contributed by atoms with Crippen molar-refractivity contribution in [3.8, 4) is 0 Å². The van der Waals surface area contributed by atoms with Gasteiger partial charge < -0.3 is 10.3 Å². The Morgan fingerprint density at radius 1 is 1.32 bits per heavy atom. The Kier molecular flexibility index (Phi) is 4.07. The molecule has 0 saturated carbocycles. The minimum absolute atomic E-state index is 0.0232. The van der Waals surface area contributed by atoms with Gasteiger partial charge in [-0.15, -0.1) is 0 Å². The Balaban J connectivity index is 1.56. The number of fused-ring (bicyclic) bond motifs is 3. The number of amides is 1. The number of aryl methyl sites for hydroxylation is 3. The molecule has 1 amide bonds. The first-order valence-electron chi connectivity index (χ1n) is 9.06. The summed E-state index contributed by atoms with van der Waals surface area (Å²) in [5.41, 5.74) is 6.43. The number of hydrogen-bond donors (Lipinski definition) is 3. The van der Waals surface area contributed by atoms with Gasteiger partial charge >= 0.3 is 0 Å². The second kappa shape index (κ2) is 6.39. The Morgan fingerprint density at radius 2 is 2.16 bits per heavy atom. The molecule has 2 aromatic heterocycles. The molecule has 1 atom stereocenters. The molecule has 3 aromatic rings. The molecule has 1 aliphatic carbocycles. The summed E-state index contributed by atoms with van der Waals surface area (Å²) in [5, 5.41) is 11.5. The third kappa shape index (κ3) is 3.06. The highest BCUT2D eigenvalue weighted by atomic mass is 16.1. The first kappa shape index (κ1) is 15.9. The van der Waals surface area contributed by atoms with E-state index in [1.54, 1.807) is 0 Å². The fourth-order valence-corrected chi connectivity index (χ4v) is 3.86. The van der Waals surface area contributed by atoms with Crippen molar-refractivity contribution in [1.82, 2.24) is 20.5 Å². The van der Waals surface area contributed by atoms with Gasteiger partial charge in [0.25, 0.3) is 5.91 Å². The van der Waals surface area contributed by atoms with Gasteiger partial charge in [-0.25, -0.2) is 0 Å². The van der Waals surface area contributed by atoms with Crippen LogP contribution in [0.3, 0.4) is 0 Å². The third-order valence-corrected chi connectivity index (χ3v) is 5.03. The van der Waals surface area contributed by atoms with E-state index < -0.39 is 0 Å². The number of H-pyrrole nitrogens is 2. The number of nitrogens with one attached hydrogen (secondary N) is 3. The molecule has 1 unspecified atom stereocenters. The lowest BCUT2D eigenvalue weighted by atomic mass is 9.95. The second-order valence-electron chi connectivity index (χ2n) is 7.14. The zero-order chi connectivity index (χ0) is 17.4. The van der Waals surface area contributed by atoms with Gasteiger partial charge in [0.15, 0.2) is 0 Å². The summed E-state index contributed by atoms with van der Waals surface area (Å²) < 4.78 is 0. The van der Waals surface area contributed by atoms with Crippen LogP contribution in [0.1, 0.15) is 52.8 Å². The molecule has 0 radical (unpaired) electrons. The highest BCUT2D eigenvalue weighted by Crippen LogP contribution is 2.30. The smallest absolute Gasteiger partial charge is 0.253 e. The van der Waals surface area contributed by atoms with Gasteiger partial charge in [-0.2, -0.15) is 5.10 Å². The summed E-state index contributed by atoms with van der Waals surface area (Å²) in [6.07, 6.45) is 5.36. The van der Waals surface area contributed by atoms with Gasteiger partial charge in [-0.3, -0.25) is 9.89 Å². The Bertz CT molecular complexity index is 921. The largest absolute Gasteiger partial charge is 0.358 e. The van der Waals surface area contributed by atoms with E-state index in [2.05, 4.69) is 26.6 Å². The molecule has 5 nitrogen and oxygen atoms in total. The fraction of sp³-hybridized carbons (Fsp3) is 0.400. The van der Waals surface area contributed by atoms with E-state index in [1.807, 2.05) is 32.0 Å². The van der Waals surface area contributed by atoms with Crippen molar-refractivity contribution in [3.05, 3.63) is 52.5 Å². The van der Waals surface area contributed by atoms with Crippen molar-refractivity contribution in [2.24, 2.45) is 0 Å². The van der Waals surface area contributed by atoms with E-state index in [4.69, 9.17) is 0 Å². The van der Waals surface area contributed by atoms with Crippen LogP contribution in [0, 0.1) is 6.92 Å². The van der Waals surface area contributed by atoms with Crippen LogP contribution in [0.4, 0.5) is 0 Å². The summed E-state index contributed by atoms with van der Waals surface area (Å²) in [6.45, 7) is 4.00. The van der Waals surface area contributed by atoms with Gasteiger partial charge in [0.2, 0.25) is 0 Å². The quantitative estimate of drug-likeness (QED) is 0.683. The zero-order valence-electron chi connectivity index (χ0n) is 14.8. The molecular weight excluding hydrogens is 312 g/mol. The van der Waals surface area contributed by atoms with Gasteiger partial charge in [-0.05, 0) is 57.2 Å². The van der Waals surface area contributed by atoms with Crippen molar-refractivity contribution >= 4 is 16.8 Å². The molecule has 0 fully saturated rings. The number of hydrogen-bond acceptors (Lipinski definition) is 2. The van der Waals surface area contributed by atoms with Crippen molar-refractivity contribution < 1.29 is 4.79 Å². The molecule has 0 saturated heterocycles. The SMILES string of the molecule is Cc1cc(CC(C)NC(=O)c2cccc3c4c([nH]c23)CCCC4)n[nH]1. The van der Waals surface area contributed by atoms with Crippen LogP contribution >= 0.6 is 0 Å². The van der Waals surface area contributed by atoms with Crippen LogP contribution in [0.25, 0.3) is 10.9 Å². The van der Waals surface area contributed by atoms with Gasteiger partial charge in [0.05, 0.1) is 16.8 Å². The topological polar surface area (TPSA) is 73.6 Å². The molecule has 3 N–H and O–H groups in total. The lowest BCUT2D eigenvalue weighted by molar-refractivity contribution is 0.0941. The number of aromatic nitrogens is 3. The molecule has 2 heterocycles. The van der Waals surface area contributed by atoms with Crippen molar-refractivity contribution in [2.45, 2.75) is 52.0 Å². The zero-order valence-corrected chi connectivity index (χ0v) is 14.8. The molecule has 4 rings (SSSR count). The third-order valence-electron chi connectivity index (χ3n) is 5.03. The summed E-state index contributed by atoms with van der Waals surface area (Å²) >= 11 is 0. The first-order valence-corrected chi connectivity index (χ1v) is 9.06. The maximum atomic E-state index is 12.8. The number of aromatic amines is 2. The number of para-hydroxylation sites is 1.